The maximum Gasteiger partial charge on any atom is 0.251 e. The first-order chi connectivity index (χ1) is 14.8. The Bertz CT molecular complexity index is 967. The van der Waals surface area contributed by atoms with Gasteiger partial charge in [-0.25, -0.2) is 0 Å². The minimum Gasteiger partial charge on any atom is -0.357 e. The molecule has 3 aromatic carbocycles. The number of carbonyl (C=O) groups excluding carboxylic acids is 2. The molecule has 0 fully saturated rings. The van der Waals surface area contributed by atoms with E-state index >= 15 is 0 Å². The molecule has 160 valence electrons. The van der Waals surface area contributed by atoms with Crippen molar-refractivity contribution >= 4 is 11.8 Å². The molecule has 0 aliphatic carbocycles. The zero-order valence-electron chi connectivity index (χ0n) is 18.6. The van der Waals surface area contributed by atoms with E-state index in [1.807, 2.05) is 84.9 Å². The van der Waals surface area contributed by atoms with Gasteiger partial charge in [0, 0.05) is 18.5 Å². The summed E-state index contributed by atoms with van der Waals surface area (Å²) in [7, 11) is 1.59. The summed E-state index contributed by atoms with van der Waals surface area (Å²) in [6.45, 7) is 6.40. The van der Waals surface area contributed by atoms with Crippen LogP contribution in [0.2, 0.25) is 0 Å². The number of hydrogen-bond acceptors (Lipinski definition) is 2. The smallest absolute Gasteiger partial charge is 0.251 e. The molecule has 3 aromatic rings. The van der Waals surface area contributed by atoms with Crippen molar-refractivity contribution in [3.05, 3.63) is 107 Å². The lowest BCUT2D eigenvalue weighted by Crippen LogP contribution is -2.49. The van der Waals surface area contributed by atoms with Crippen molar-refractivity contribution in [2.75, 3.05) is 7.05 Å². The zero-order chi connectivity index (χ0) is 22.4. The zero-order valence-corrected chi connectivity index (χ0v) is 18.6. The lowest BCUT2D eigenvalue weighted by Gasteiger charge is -2.28. The molecule has 0 saturated heterocycles. The Morgan fingerprint density at radius 2 is 1.23 bits per heavy atom. The molecule has 2 N–H and O–H groups in total. The SMILES string of the molecule is CNC(=O)[C@@H](NC(=O)c1ccc(C(C)(C)C)cc1)C(c1ccccc1)c1ccccc1. The Hall–Kier alpha value is -3.40. The van der Waals surface area contributed by atoms with E-state index < -0.39 is 6.04 Å². The number of benzene rings is 3. The van der Waals surface area contributed by atoms with Crippen LogP contribution in [0, 0.1) is 0 Å². The van der Waals surface area contributed by atoms with Crippen LogP contribution < -0.4 is 10.6 Å². The highest BCUT2D eigenvalue weighted by Gasteiger charge is 2.32. The van der Waals surface area contributed by atoms with Gasteiger partial charge in [-0.2, -0.15) is 0 Å². The number of amides is 2. The average molecular weight is 415 g/mol. The lowest BCUT2D eigenvalue weighted by molar-refractivity contribution is -0.122. The molecule has 3 rings (SSSR count). The van der Waals surface area contributed by atoms with Gasteiger partial charge in [-0.15, -0.1) is 0 Å². The van der Waals surface area contributed by atoms with Gasteiger partial charge in [0.2, 0.25) is 5.91 Å². The van der Waals surface area contributed by atoms with Crippen LogP contribution in [0.1, 0.15) is 53.7 Å². The quantitative estimate of drug-likeness (QED) is 0.616. The number of carbonyl (C=O) groups is 2. The summed E-state index contributed by atoms with van der Waals surface area (Å²) < 4.78 is 0. The lowest BCUT2D eigenvalue weighted by atomic mass is 9.84. The van der Waals surface area contributed by atoms with Crippen molar-refractivity contribution in [3.63, 3.8) is 0 Å². The first-order valence-electron chi connectivity index (χ1n) is 10.5. The van der Waals surface area contributed by atoms with E-state index in [0.29, 0.717) is 5.56 Å². The molecule has 1 atom stereocenters. The predicted octanol–water partition coefficient (Wildman–Crippen LogP) is 4.66. The summed E-state index contributed by atoms with van der Waals surface area (Å²) >= 11 is 0. The van der Waals surface area contributed by atoms with E-state index in [1.54, 1.807) is 7.05 Å². The van der Waals surface area contributed by atoms with Gasteiger partial charge in [0.15, 0.2) is 0 Å². The van der Waals surface area contributed by atoms with Gasteiger partial charge in [-0.1, -0.05) is 93.6 Å². The molecular weight excluding hydrogens is 384 g/mol. The van der Waals surface area contributed by atoms with Crippen LogP contribution >= 0.6 is 0 Å². The summed E-state index contributed by atoms with van der Waals surface area (Å²) in [6.07, 6.45) is 0. The summed E-state index contributed by atoms with van der Waals surface area (Å²) in [5.74, 6) is -0.830. The third kappa shape index (κ3) is 5.40. The normalized spacial score (nSPS) is 12.3. The Balaban J connectivity index is 1.96. The van der Waals surface area contributed by atoms with Crippen LogP contribution in [0.15, 0.2) is 84.9 Å². The van der Waals surface area contributed by atoms with Crippen molar-refractivity contribution < 1.29 is 9.59 Å². The second kappa shape index (κ2) is 9.61. The van der Waals surface area contributed by atoms with Gasteiger partial charge in [0.05, 0.1) is 0 Å². The Morgan fingerprint density at radius 1 is 0.742 bits per heavy atom. The second-order valence-corrected chi connectivity index (χ2v) is 8.69. The summed E-state index contributed by atoms with van der Waals surface area (Å²) in [4.78, 5) is 26.0. The highest BCUT2D eigenvalue weighted by atomic mass is 16.2. The largest absolute Gasteiger partial charge is 0.357 e. The van der Waals surface area contributed by atoms with Crippen LogP contribution in [0.3, 0.4) is 0 Å². The van der Waals surface area contributed by atoms with Crippen LogP contribution in [0.5, 0.6) is 0 Å². The number of rotatable bonds is 6. The van der Waals surface area contributed by atoms with Gasteiger partial charge in [0.1, 0.15) is 6.04 Å². The van der Waals surface area contributed by atoms with Crippen molar-refractivity contribution in [2.24, 2.45) is 0 Å². The van der Waals surface area contributed by atoms with E-state index in [0.717, 1.165) is 16.7 Å². The highest BCUT2D eigenvalue weighted by molar-refractivity contribution is 5.98. The molecule has 0 spiro atoms. The van der Waals surface area contributed by atoms with Gasteiger partial charge in [0.25, 0.3) is 5.91 Å². The van der Waals surface area contributed by atoms with E-state index in [4.69, 9.17) is 0 Å². The number of likely N-dealkylation sites (N-methyl/N-ethyl adjacent to an activating group) is 1. The molecule has 4 heteroatoms. The maximum absolute atomic E-state index is 13.1. The number of hydrogen-bond donors (Lipinski definition) is 2. The van der Waals surface area contributed by atoms with Crippen LogP contribution in [-0.4, -0.2) is 24.9 Å². The Labute approximate surface area is 184 Å². The molecule has 0 saturated carbocycles. The third-order valence-corrected chi connectivity index (χ3v) is 5.48. The fraction of sp³-hybridized carbons (Fsp3) is 0.259. The van der Waals surface area contributed by atoms with Crippen LogP contribution in [0.25, 0.3) is 0 Å². The van der Waals surface area contributed by atoms with Crippen LogP contribution in [-0.2, 0) is 10.2 Å². The molecule has 0 aromatic heterocycles. The van der Waals surface area contributed by atoms with Gasteiger partial charge in [-0.05, 0) is 34.2 Å². The molecule has 2 amide bonds. The van der Waals surface area contributed by atoms with Crippen LogP contribution in [0.4, 0.5) is 0 Å². The summed E-state index contributed by atoms with van der Waals surface area (Å²) in [5, 5.41) is 5.71. The van der Waals surface area contributed by atoms with Crippen molar-refractivity contribution in [1.82, 2.24) is 10.6 Å². The molecule has 0 heterocycles. The maximum atomic E-state index is 13.1. The predicted molar refractivity (Wildman–Crippen MR) is 125 cm³/mol. The minimum atomic E-state index is -0.760. The van der Waals surface area contributed by atoms with Gasteiger partial charge in [-0.3, -0.25) is 9.59 Å². The number of nitrogens with one attached hydrogen (secondary N) is 2. The molecule has 0 unspecified atom stereocenters. The van der Waals surface area contributed by atoms with Gasteiger partial charge < -0.3 is 10.6 Å². The molecule has 0 bridgehead atoms. The summed E-state index contributed by atoms with van der Waals surface area (Å²) in [5.41, 5.74) is 3.61. The molecular formula is C27H30N2O2. The molecule has 0 aliphatic rings. The van der Waals surface area contributed by atoms with E-state index in [9.17, 15) is 9.59 Å². The third-order valence-electron chi connectivity index (χ3n) is 5.48. The van der Waals surface area contributed by atoms with Crippen molar-refractivity contribution in [2.45, 2.75) is 38.1 Å². The molecule has 0 aliphatic heterocycles. The Kier molecular flexibility index (Phi) is 6.91. The first-order valence-corrected chi connectivity index (χ1v) is 10.5. The minimum absolute atomic E-state index is 0.00531. The second-order valence-electron chi connectivity index (χ2n) is 8.69. The monoisotopic (exact) mass is 414 g/mol. The first kappa shape index (κ1) is 22.3. The van der Waals surface area contributed by atoms with Crippen molar-refractivity contribution in [3.8, 4) is 0 Å². The van der Waals surface area contributed by atoms with Gasteiger partial charge >= 0.3 is 0 Å². The molecule has 31 heavy (non-hydrogen) atoms. The molecule has 4 nitrogen and oxygen atoms in total. The highest BCUT2D eigenvalue weighted by Crippen LogP contribution is 2.29. The van der Waals surface area contributed by atoms with Crippen molar-refractivity contribution in [1.29, 1.82) is 0 Å². The van der Waals surface area contributed by atoms with E-state index in [1.165, 1.54) is 0 Å². The fourth-order valence-corrected chi connectivity index (χ4v) is 3.70. The Morgan fingerprint density at radius 3 is 1.65 bits per heavy atom. The fourth-order valence-electron chi connectivity index (χ4n) is 3.70. The summed E-state index contributed by atoms with van der Waals surface area (Å²) in [6, 6.07) is 26.4. The van der Waals surface area contributed by atoms with E-state index in [2.05, 4.69) is 31.4 Å². The topological polar surface area (TPSA) is 58.2 Å². The average Bonchev–Trinajstić information content (AvgIpc) is 2.79. The standard InChI is InChI=1S/C27H30N2O2/c1-27(2,3)22-17-15-21(16-18-22)25(30)29-24(26(31)28-4)23(19-11-7-5-8-12-19)20-13-9-6-10-14-20/h5-18,23-24H,1-4H3,(H,28,31)(H,29,30)/t24-/m0/s1. The molecule has 0 radical (unpaired) electrons. The van der Waals surface area contributed by atoms with E-state index in [-0.39, 0.29) is 23.1 Å².